The van der Waals surface area contributed by atoms with Gasteiger partial charge in [-0.3, -0.25) is 14.6 Å². The Morgan fingerprint density at radius 2 is 1.91 bits per heavy atom. The van der Waals surface area contributed by atoms with Gasteiger partial charge in [0.1, 0.15) is 17.5 Å². The van der Waals surface area contributed by atoms with Gasteiger partial charge in [0.05, 0.1) is 23.9 Å². The number of aromatic nitrogens is 1. The van der Waals surface area contributed by atoms with E-state index >= 15 is 0 Å². The lowest BCUT2D eigenvalue weighted by Crippen LogP contribution is -2.29. The Morgan fingerprint density at radius 1 is 1.17 bits per heavy atom. The minimum Gasteiger partial charge on any atom is -0.366 e. The number of nitrogens with zero attached hydrogens (tertiary/aromatic N) is 2. The largest absolute Gasteiger partial charge is 0.366 e. The second-order valence-electron chi connectivity index (χ2n) is 4.80. The van der Waals surface area contributed by atoms with Gasteiger partial charge in [-0.1, -0.05) is 0 Å². The second kappa shape index (κ2) is 5.31. The minimum absolute atomic E-state index is 0.0679. The highest BCUT2D eigenvalue weighted by atomic mass is 19.1. The van der Waals surface area contributed by atoms with Gasteiger partial charge in [-0.15, -0.1) is 0 Å². The summed E-state index contributed by atoms with van der Waals surface area (Å²) in [7, 11) is 0. The maximum absolute atomic E-state index is 14.2. The molecule has 0 saturated heterocycles. The van der Waals surface area contributed by atoms with Crippen LogP contribution in [0.5, 0.6) is 0 Å². The summed E-state index contributed by atoms with van der Waals surface area (Å²) in [4.78, 5) is 31.2. The van der Waals surface area contributed by atoms with E-state index in [0.29, 0.717) is 0 Å². The molecule has 1 aromatic heterocycles. The maximum atomic E-state index is 14.2. The third-order valence-electron chi connectivity index (χ3n) is 3.40. The number of amides is 1. The molecular weight excluding hydrogens is 311 g/mol. The van der Waals surface area contributed by atoms with Crippen LogP contribution in [0.2, 0.25) is 0 Å². The number of nitrogens with two attached hydrogens (primary N) is 1. The molecule has 0 fully saturated rings. The molecular formula is C15H8F3N3O2. The van der Waals surface area contributed by atoms with Crippen LogP contribution >= 0.6 is 0 Å². The first-order valence-electron chi connectivity index (χ1n) is 6.42. The molecule has 23 heavy (non-hydrogen) atoms. The van der Waals surface area contributed by atoms with E-state index in [2.05, 4.69) is 9.98 Å². The molecule has 5 nitrogen and oxygen atoms in total. The molecule has 0 atom stereocenters. The van der Waals surface area contributed by atoms with Crippen molar-refractivity contribution in [1.82, 2.24) is 4.98 Å². The number of hydrogen-bond acceptors (Lipinski definition) is 4. The third-order valence-corrected chi connectivity index (χ3v) is 3.40. The number of carbonyl (C=O) groups excluding carboxylic acids is 2. The minimum atomic E-state index is -1.35. The molecule has 2 aromatic rings. The molecule has 1 aliphatic heterocycles. The van der Waals surface area contributed by atoms with Crippen LogP contribution in [0.4, 0.5) is 13.2 Å². The molecule has 0 bridgehead atoms. The van der Waals surface area contributed by atoms with Crippen molar-refractivity contribution in [2.45, 2.75) is 0 Å². The number of hydrogen-bond donors (Lipinski definition) is 1. The number of rotatable bonds is 3. The van der Waals surface area contributed by atoms with E-state index in [4.69, 9.17) is 5.73 Å². The number of pyridine rings is 1. The van der Waals surface area contributed by atoms with Gasteiger partial charge in [0.2, 0.25) is 0 Å². The summed E-state index contributed by atoms with van der Waals surface area (Å²) in [5.74, 6) is -5.38. The monoisotopic (exact) mass is 319 g/mol. The second-order valence-corrected chi connectivity index (χ2v) is 4.80. The SMILES string of the molecule is NC(=O)c1ccc(F)c(C(=O)C2=c3cc(F)cnc3=NC2)c1F. The van der Waals surface area contributed by atoms with E-state index < -0.39 is 40.3 Å². The van der Waals surface area contributed by atoms with Gasteiger partial charge in [-0.05, 0) is 18.2 Å². The van der Waals surface area contributed by atoms with Gasteiger partial charge in [-0.25, -0.2) is 18.2 Å². The van der Waals surface area contributed by atoms with Crippen LogP contribution in [0, 0.1) is 17.5 Å². The van der Waals surface area contributed by atoms with Crippen molar-refractivity contribution in [3.63, 3.8) is 0 Å². The first kappa shape index (κ1) is 14.9. The van der Waals surface area contributed by atoms with Crippen LogP contribution in [0.15, 0.2) is 29.4 Å². The van der Waals surface area contributed by atoms with E-state index in [0.717, 1.165) is 24.4 Å². The lowest BCUT2D eigenvalue weighted by molar-refractivity contribution is 0.0996. The van der Waals surface area contributed by atoms with E-state index in [-0.39, 0.29) is 22.8 Å². The predicted octanol–water partition coefficient (Wildman–Crippen LogP) is 0.265. The summed E-state index contributed by atoms with van der Waals surface area (Å²) in [6.45, 7) is -0.190. The van der Waals surface area contributed by atoms with Crippen molar-refractivity contribution in [2.75, 3.05) is 6.54 Å². The van der Waals surface area contributed by atoms with Gasteiger partial charge < -0.3 is 5.73 Å². The van der Waals surface area contributed by atoms with Crippen molar-refractivity contribution in [3.05, 3.63) is 63.7 Å². The fourth-order valence-corrected chi connectivity index (χ4v) is 2.32. The van der Waals surface area contributed by atoms with Crippen molar-refractivity contribution >= 4 is 17.3 Å². The van der Waals surface area contributed by atoms with Crippen molar-refractivity contribution in [3.8, 4) is 0 Å². The molecule has 2 heterocycles. The first-order chi connectivity index (χ1) is 10.9. The Labute approximate surface area is 127 Å². The lowest BCUT2D eigenvalue weighted by Gasteiger charge is -2.07. The van der Waals surface area contributed by atoms with E-state index in [1.54, 1.807) is 0 Å². The summed E-state index contributed by atoms with van der Waals surface area (Å²) < 4.78 is 41.4. The van der Waals surface area contributed by atoms with Gasteiger partial charge >= 0.3 is 0 Å². The molecule has 3 rings (SSSR count). The fourth-order valence-electron chi connectivity index (χ4n) is 2.32. The van der Waals surface area contributed by atoms with Gasteiger partial charge in [-0.2, -0.15) is 0 Å². The van der Waals surface area contributed by atoms with Crippen molar-refractivity contribution in [2.24, 2.45) is 10.7 Å². The first-order valence-corrected chi connectivity index (χ1v) is 6.42. The number of Topliss-reactive ketones (excluding diaryl/α,β-unsaturated/α-hetero) is 1. The van der Waals surface area contributed by atoms with E-state index in [1.165, 1.54) is 0 Å². The number of halogens is 3. The number of carbonyl (C=O) groups is 2. The van der Waals surface area contributed by atoms with E-state index in [1.807, 2.05) is 0 Å². The van der Waals surface area contributed by atoms with Gasteiger partial charge in [0, 0.05) is 10.8 Å². The molecule has 0 aliphatic carbocycles. The zero-order valence-electron chi connectivity index (χ0n) is 11.4. The van der Waals surface area contributed by atoms with Gasteiger partial charge in [0.25, 0.3) is 5.91 Å². The smallest absolute Gasteiger partial charge is 0.251 e. The van der Waals surface area contributed by atoms with Crippen LogP contribution in [0.25, 0.3) is 5.57 Å². The van der Waals surface area contributed by atoms with Gasteiger partial charge in [0.15, 0.2) is 11.3 Å². The Hall–Kier alpha value is -3.03. The van der Waals surface area contributed by atoms with Crippen LogP contribution in [0.1, 0.15) is 20.7 Å². The molecule has 1 aliphatic rings. The van der Waals surface area contributed by atoms with Crippen molar-refractivity contribution in [1.29, 1.82) is 0 Å². The molecule has 116 valence electrons. The highest BCUT2D eigenvalue weighted by Gasteiger charge is 2.27. The molecule has 0 spiro atoms. The quantitative estimate of drug-likeness (QED) is 0.824. The number of benzene rings is 1. The average molecular weight is 319 g/mol. The normalized spacial score (nSPS) is 12.7. The fraction of sp³-hybridized carbons (Fsp3) is 0.0667. The average Bonchev–Trinajstić information content (AvgIpc) is 2.89. The van der Waals surface area contributed by atoms with Crippen molar-refractivity contribution < 1.29 is 22.8 Å². The Balaban J connectivity index is 2.24. The zero-order chi connectivity index (χ0) is 16.7. The third kappa shape index (κ3) is 2.37. The van der Waals surface area contributed by atoms with Crippen LogP contribution in [0.3, 0.4) is 0 Å². The predicted molar refractivity (Wildman–Crippen MR) is 72.5 cm³/mol. The lowest BCUT2D eigenvalue weighted by atomic mass is 9.98. The van der Waals surface area contributed by atoms with E-state index in [9.17, 15) is 22.8 Å². The van der Waals surface area contributed by atoms with Crippen LogP contribution < -0.4 is 16.4 Å². The molecule has 0 radical (unpaired) electrons. The summed E-state index contributed by atoms with van der Waals surface area (Å²) in [5, 5.41) is 0.0679. The summed E-state index contributed by atoms with van der Waals surface area (Å²) >= 11 is 0. The number of ketones is 1. The molecule has 8 heteroatoms. The molecule has 0 unspecified atom stereocenters. The van der Waals surface area contributed by atoms with Crippen LogP contribution in [-0.2, 0) is 0 Å². The van der Waals surface area contributed by atoms with Crippen LogP contribution in [-0.4, -0.2) is 23.2 Å². The molecule has 1 aromatic carbocycles. The molecule has 0 saturated carbocycles. The number of primary amides is 1. The highest BCUT2D eigenvalue weighted by Crippen LogP contribution is 2.21. The summed E-state index contributed by atoms with van der Waals surface area (Å²) in [6.07, 6.45) is 0.921. The Kier molecular flexibility index (Phi) is 3.44. The highest BCUT2D eigenvalue weighted by molar-refractivity contribution is 6.25. The topological polar surface area (TPSA) is 85.4 Å². The standard InChI is InChI=1S/C15H8F3N3O2/c16-6-3-8-9(5-21-15(8)20-4-6)13(22)11-10(17)2-1-7(12(11)18)14(19)23/h1-4H,5H2,(H2,19,23). The molecule has 2 N–H and O–H groups in total. The Morgan fingerprint density at radius 3 is 2.61 bits per heavy atom. The Bertz CT molecular complexity index is 986. The number of fused-ring (bicyclic) bond motifs is 1. The molecule has 1 amide bonds. The summed E-state index contributed by atoms with van der Waals surface area (Å²) in [6, 6.07) is 2.64. The summed E-state index contributed by atoms with van der Waals surface area (Å²) in [5.41, 5.74) is 3.46. The maximum Gasteiger partial charge on any atom is 0.251 e. The zero-order valence-corrected chi connectivity index (χ0v) is 11.4.